The standard InChI is InChI=1S/C9H14N2OS/c1-9(2,3)6-12-7-4-5-10-8(13)11-7/h4-5H,6H2,1-3H3,(H,10,11,13). The zero-order chi connectivity index (χ0) is 9.90. The molecule has 0 radical (unpaired) electrons. The maximum absolute atomic E-state index is 5.49. The van der Waals surface area contributed by atoms with Crippen molar-refractivity contribution in [3.8, 4) is 5.88 Å². The summed E-state index contributed by atoms with van der Waals surface area (Å²) in [4.78, 5) is 6.72. The summed E-state index contributed by atoms with van der Waals surface area (Å²) < 4.78 is 5.94. The van der Waals surface area contributed by atoms with E-state index in [1.807, 2.05) is 0 Å². The molecule has 1 aromatic heterocycles. The first-order valence-corrected chi connectivity index (χ1v) is 4.56. The minimum absolute atomic E-state index is 0.152. The number of rotatable bonds is 2. The molecule has 0 aliphatic rings. The third kappa shape index (κ3) is 4.03. The Bertz CT molecular complexity index is 327. The van der Waals surface area contributed by atoms with Crippen molar-refractivity contribution in [2.75, 3.05) is 6.61 Å². The van der Waals surface area contributed by atoms with Crippen LogP contribution < -0.4 is 4.74 Å². The zero-order valence-electron chi connectivity index (χ0n) is 8.13. The highest BCUT2D eigenvalue weighted by molar-refractivity contribution is 7.71. The molecule has 0 fully saturated rings. The molecule has 0 amide bonds. The van der Waals surface area contributed by atoms with Crippen LogP contribution in [-0.4, -0.2) is 16.6 Å². The van der Waals surface area contributed by atoms with Crippen LogP contribution in [0.2, 0.25) is 0 Å². The second kappa shape index (κ2) is 3.87. The summed E-state index contributed by atoms with van der Waals surface area (Å²) in [6, 6.07) is 1.77. The molecule has 0 aromatic carbocycles. The van der Waals surface area contributed by atoms with Gasteiger partial charge in [-0.25, -0.2) is 4.98 Å². The molecular formula is C9H14N2OS. The molecule has 0 aliphatic heterocycles. The Hall–Kier alpha value is -0.900. The van der Waals surface area contributed by atoms with Crippen molar-refractivity contribution >= 4 is 12.2 Å². The lowest BCUT2D eigenvalue weighted by molar-refractivity contribution is 0.191. The van der Waals surface area contributed by atoms with Crippen LogP contribution in [0, 0.1) is 10.2 Å². The van der Waals surface area contributed by atoms with Gasteiger partial charge >= 0.3 is 0 Å². The van der Waals surface area contributed by atoms with Crippen molar-refractivity contribution in [1.29, 1.82) is 0 Å². The van der Waals surface area contributed by atoms with E-state index in [0.29, 0.717) is 17.3 Å². The first kappa shape index (κ1) is 10.2. The molecule has 1 rings (SSSR count). The van der Waals surface area contributed by atoms with E-state index in [0.717, 1.165) is 0 Å². The minimum atomic E-state index is 0.152. The number of ether oxygens (including phenoxy) is 1. The smallest absolute Gasteiger partial charge is 0.199 e. The maximum atomic E-state index is 5.49. The van der Waals surface area contributed by atoms with Crippen LogP contribution in [0.3, 0.4) is 0 Å². The molecule has 72 valence electrons. The Morgan fingerprint density at radius 1 is 1.54 bits per heavy atom. The Morgan fingerprint density at radius 3 is 2.77 bits per heavy atom. The van der Waals surface area contributed by atoms with Gasteiger partial charge in [0.05, 0.1) is 6.61 Å². The fraction of sp³-hybridized carbons (Fsp3) is 0.556. The summed E-state index contributed by atoms with van der Waals surface area (Å²) in [5, 5.41) is 0. The topological polar surface area (TPSA) is 37.9 Å². The van der Waals surface area contributed by atoms with Crippen molar-refractivity contribution in [1.82, 2.24) is 9.97 Å². The van der Waals surface area contributed by atoms with E-state index in [9.17, 15) is 0 Å². The van der Waals surface area contributed by atoms with Crippen molar-refractivity contribution in [2.24, 2.45) is 5.41 Å². The average molecular weight is 198 g/mol. The van der Waals surface area contributed by atoms with E-state index in [-0.39, 0.29) is 5.41 Å². The number of H-pyrrole nitrogens is 1. The molecule has 0 bridgehead atoms. The molecule has 3 nitrogen and oxygen atoms in total. The lowest BCUT2D eigenvalue weighted by Crippen LogP contribution is -2.17. The number of nitrogens with zero attached hydrogens (tertiary/aromatic N) is 1. The van der Waals surface area contributed by atoms with Crippen LogP contribution in [0.4, 0.5) is 0 Å². The van der Waals surface area contributed by atoms with E-state index in [2.05, 4.69) is 30.7 Å². The monoisotopic (exact) mass is 198 g/mol. The molecule has 0 spiro atoms. The molecule has 4 heteroatoms. The van der Waals surface area contributed by atoms with Crippen LogP contribution in [0.5, 0.6) is 5.88 Å². The molecule has 0 saturated heterocycles. The van der Waals surface area contributed by atoms with Gasteiger partial charge in [0.2, 0.25) is 0 Å². The molecule has 1 aromatic rings. The zero-order valence-corrected chi connectivity index (χ0v) is 8.94. The Kier molecular flexibility index (Phi) is 3.03. The van der Waals surface area contributed by atoms with Gasteiger partial charge in [0.15, 0.2) is 10.7 Å². The predicted molar refractivity (Wildman–Crippen MR) is 54.4 cm³/mol. The molecule has 13 heavy (non-hydrogen) atoms. The number of aromatic amines is 1. The first-order valence-electron chi connectivity index (χ1n) is 4.15. The van der Waals surface area contributed by atoms with Crippen molar-refractivity contribution < 1.29 is 4.74 Å². The molecular weight excluding hydrogens is 184 g/mol. The summed E-state index contributed by atoms with van der Waals surface area (Å²) in [6.45, 7) is 7.00. The van der Waals surface area contributed by atoms with E-state index >= 15 is 0 Å². The molecule has 0 unspecified atom stereocenters. The van der Waals surface area contributed by atoms with Gasteiger partial charge < -0.3 is 9.72 Å². The van der Waals surface area contributed by atoms with E-state index in [4.69, 9.17) is 17.0 Å². The van der Waals surface area contributed by atoms with Gasteiger partial charge in [0.25, 0.3) is 0 Å². The summed E-state index contributed by atoms with van der Waals surface area (Å²) in [6.07, 6.45) is 1.64. The second-order valence-corrected chi connectivity index (χ2v) is 4.48. The van der Waals surface area contributed by atoms with Crippen LogP contribution in [-0.2, 0) is 0 Å². The Labute approximate surface area is 83.2 Å². The predicted octanol–water partition coefficient (Wildman–Crippen LogP) is 2.56. The lowest BCUT2D eigenvalue weighted by Gasteiger charge is -2.18. The quantitative estimate of drug-likeness (QED) is 0.742. The second-order valence-electron chi connectivity index (χ2n) is 4.09. The number of nitrogens with one attached hydrogen (secondary N) is 1. The van der Waals surface area contributed by atoms with Gasteiger partial charge in [0.1, 0.15) is 0 Å². The van der Waals surface area contributed by atoms with Crippen molar-refractivity contribution in [3.05, 3.63) is 17.0 Å². The number of hydrogen-bond acceptors (Lipinski definition) is 3. The van der Waals surface area contributed by atoms with Crippen molar-refractivity contribution in [2.45, 2.75) is 20.8 Å². The Balaban J connectivity index is 2.60. The summed E-state index contributed by atoms with van der Waals surface area (Å²) in [7, 11) is 0. The highest BCUT2D eigenvalue weighted by Gasteiger charge is 2.10. The van der Waals surface area contributed by atoms with Crippen LogP contribution in [0.25, 0.3) is 0 Å². The molecule has 1 heterocycles. The first-order chi connectivity index (χ1) is 5.97. The number of aromatic nitrogens is 2. The van der Waals surface area contributed by atoms with E-state index in [1.54, 1.807) is 12.3 Å². The Morgan fingerprint density at radius 2 is 2.23 bits per heavy atom. The lowest BCUT2D eigenvalue weighted by atomic mass is 9.99. The summed E-state index contributed by atoms with van der Waals surface area (Å²) >= 11 is 4.86. The maximum Gasteiger partial charge on any atom is 0.199 e. The highest BCUT2D eigenvalue weighted by Crippen LogP contribution is 2.14. The highest BCUT2D eigenvalue weighted by atomic mass is 32.1. The van der Waals surface area contributed by atoms with E-state index in [1.165, 1.54) is 0 Å². The molecule has 0 saturated carbocycles. The summed E-state index contributed by atoms with van der Waals surface area (Å²) in [5.74, 6) is 0.676. The number of hydrogen-bond donors (Lipinski definition) is 1. The molecule has 0 atom stereocenters. The third-order valence-electron chi connectivity index (χ3n) is 1.31. The van der Waals surface area contributed by atoms with E-state index < -0.39 is 0 Å². The molecule has 1 N–H and O–H groups in total. The van der Waals surface area contributed by atoms with Gasteiger partial charge in [-0.1, -0.05) is 20.8 Å². The minimum Gasteiger partial charge on any atom is -0.478 e. The average Bonchev–Trinajstić information content (AvgIpc) is 2.00. The van der Waals surface area contributed by atoms with Crippen molar-refractivity contribution in [3.63, 3.8) is 0 Å². The SMILES string of the molecule is CC(C)(C)COc1ccnc(=S)[nH]1. The van der Waals surface area contributed by atoms with Crippen LogP contribution in [0.1, 0.15) is 20.8 Å². The van der Waals surface area contributed by atoms with Gasteiger partial charge in [-0.3, -0.25) is 0 Å². The third-order valence-corrected chi connectivity index (χ3v) is 1.52. The van der Waals surface area contributed by atoms with Gasteiger partial charge in [-0.2, -0.15) is 0 Å². The fourth-order valence-corrected chi connectivity index (χ4v) is 0.892. The van der Waals surface area contributed by atoms with Crippen LogP contribution >= 0.6 is 12.2 Å². The summed E-state index contributed by atoms with van der Waals surface area (Å²) in [5.41, 5.74) is 0.152. The van der Waals surface area contributed by atoms with Gasteiger partial charge in [-0.15, -0.1) is 0 Å². The van der Waals surface area contributed by atoms with Gasteiger partial charge in [0, 0.05) is 12.3 Å². The normalized spacial score (nSPS) is 11.3. The van der Waals surface area contributed by atoms with Gasteiger partial charge in [-0.05, 0) is 17.6 Å². The molecule has 0 aliphatic carbocycles. The fourth-order valence-electron chi connectivity index (χ4n) is 0.730. The largest absolute Gasteiger partial charge is 0.478 e. The van der Waals surface area contributed by atoms with Crippen LogP contribution in [0.15, 0.2) is 12.3 Å².